The first-order valence-electron chi connectivity index (χ1n) is 4.78. The molecule has 0 aliphatic rings. The lowest BCUT2D eigenvalue weighted by molar-refractivity contribution is -0.672. The van der Waals surface area contributed by atoms with Crippen molar-refractivity contribution < 1.29 is 14.5 Å². The Morgan fingerprint density at radius 1 is 1.11 bits per heavy atom. The molecule has 0 unspecified atom stereocenters. The van der Waals surface area contributed by atoms with Crippen LogP contribution in [0.15, 0.2) is 10.2 Å². The standard InChI is InChI=1S/C6H12N8O4/c7-11-9-1-3-17-5-13(14(15)16)6-18-4-2-10-12-8/h1-6H2. The quantitative estimate of drug-likeness (QED) is 0.103. The highest BCUT2D eigenvalue weighted by molar-refractivity contribution is 4.45. The molecule has 12 nitrogen and oxygen atoms in total. The molecule has 0 atom stereocenters. The first kappa shape index (κ1) is 15.7. The molecule has 0 aromatic carbocycles. The normalized spacial score (nSPS) is 9.11. The van der Waals surface area contributed by atoms with E-state index in [1.165, 1.54) is 0 Å². The van der Waals surface area contributed by atoms with Gasteiger partial charge in [-0.3, -0.25) is 0 Å². The fourth-order valence-corrected chi connectivity index (χ4v) is 0.772. The van der Waals surface area contributed by atoms with Crippen LogP contribution >= 0.6 is 0 Å². The summed E-state index contributed by atoms with van der Waals surface area (Å²) in [5, 5.41) is 17.0. The number of hydrogen-bond acceptors (Lipinski definition) is 6. The Morgan fingerprint density at radius 2 is 1.56 bits per heavy atom. The van der Waals surface area contributed by atoms with E-state index in [1.54, 1.807) is 0 Å². The van der Waals surface area contributed by atoms with Gasteiger partial charge in [0.15, 0.2) is 18.5 Å². The van der Waals surface area contributed by atoms with Crippen molar-refractivity contribution in [3.63, 3.8) is 0 Å². The molecule has 0 spiro atoms. The summed E-state index contributed by atoms with van der Waals surface area (Å²) in [7, 11) is 0. The van der Waals surface area contributed by atoms with Crippen molar-refractivity contribution >= 4 is 0 Å². The average molecular weight is 260 g/mol. The molecule has 0 radical (unpaired) electrons. The van der Waals surface area contributed by atoms with Gasteiger partial charge in [0.2, 0.25) is 0 Å². The molecule has 0 fully saturated rings. The third kappa shape index (κ3) is 9.00. The molecule has 0 bridgehead atoms. The topological polar surface area (TPSA) is 162 Å². The lowest BCUT2D eigenvalue weighted by Gasteiger charge is -2.13. The number of rotatable bonds is 11. The van der Waals surface area contributed by atoms with Gasteiger partial charge in [-0.25, -0.2) is 10.1 Å². The fraction of sp³-hybridized carbons (Fsp3) is 1.00. The highest BCUT2D eigenvalue weighted by Crippen LogP contribution is 1.92. The highest BCUT2D eigenvalue weighted by atomic mass is 16.7. The van der Waals surface area contributed by atoms with Gasteiger partial charge in [-0.1, -0.05) is 15.2 Å². The summed E-state index contributed by atoms with van der Waals surface area (Å²) in [6.07, 6.45) is 0. The number of nitrogens with zero attached hydrogens (tertiary/aromatic N) is 8. The van der Waals surface area contributed by atoms with Crippen molar-refractivity contribution in [1.29, 1.82) is 0 Å². The Kier molecular flexibility index (Phi) is 9.82. The van der Waals surface area contributed by atoms with E-state index in [4.69, 9.17) is 20.5 Å². The maximum Gasteiger partial charge on any atom is 0.179 e. The Morgan fingerprint density at radius 3 is 1.89 bits per heavy atom. The van der Waals surface area contributed by atoms with Crippen LogP contribution in [0.5, 0.6) is 0 Å². The highest BCUT2D eigenvalue weighted by Gasteiger charge is 2.13. The fourth-order valence-electron chi connectivity index (χ4n) is 0.772. The Hall–Kier alpha value is -2.26. The SMILES string of the molecule is [N-]=[N+]=NCCOCN(COCCN=[N+]=[N-])[N+](=O)[O-]. The van der Waals surface area contributed by atoms with E-state index in [0.717, 1.165) is 0 Å². The lowest BCUT2D eigenvalue weighted by Crippen LogP contribution is -2.35. The predicted molar refractivity (Wildman–Crippen MR) is 58.5 cm³/mol. The molecule has 0 aromatic rings. The number of azide groups is 2. The molecule has 0 rings (SSSR count). The van der Waals surface area contributed by atoms with Crippen LogP contribution in [0.2, 0.25) is 0 Å². The summed E-state index contributed by atoms with van der Waals surface area (Å²) in [6, 6.07) is 0. The zero-order valence-electron chi connectivity index (χ0n) is 9.45. The summed E-state index contributed by atoms with van der Waals surface area (Å²) in [5.41, 5.74) is 16.0. The molecule has 0 heterocycles. The summed E-state index contributed by atoms with van der Waals surface area (Å²) in [5.74, 6) is 0. The van der Waals surface area contributed by atoms with E-state index in [-0.39, 0.29) is 39.8 Å². The third-order valence-corrected chi connectivity index (χ3v) is 1.51. The number of nitro groups is 1. The molecule has 100 valence electrons. The molecule has 0 aromatic heterocycles. The van der Waals surface area contributed by atoms with Crippen LogP contribution in [0.25, 0.3) is 20.9 Å². The molecule has 0 aliphatic carbocycles. The predicted octanol–water partition coefficient (Wildman–Crippen LogP) is 1.05. The minimum atomic E-state index is -0.679. The van der Waals surface area contributed by atoms with Gasteiger partial charge in [0, 0.05) is 22.9 Å². The monoisotopic (exact) mass is 260 g/mol. The molecule has 0 amide bonds. The average Bonchev–Trinajstić information content (AvgIpc) is 2.35. The van der Waals surface area contributed by atoms with Gasteiger partial charge < -0.3 is 9.47 Å². The zero-order chi connectivity index (χ0) is 13.6. The molecule has 12 heteroatoms. The van der Waals surface area contributed by atoms with Crippen LogP contribution in [-0.4, -0.2) is 49.8 Å². The first-order chi connectivity index (χ1) is 8.72. The molecular weight excluding hydrogens is 248 g/mol. The molecule has 0 aliphatic heterocycles. The van der Waals surface area contributed by atoms with E-state index in [1.807, 2.05) is 0 Å². The van der Waals surface area contributed by atoms with Crippen LogP contribution in [-0.2, 0) is 9.47 Å². The lowest BCUT2D eigenvalue weighted by atomic mass is 10.7. The summed E-state index contributed by atoms with van der Waals surface area (Å²) < 4.78 is 9.79. The molecule has 0 N–H and O–H groups in total. The number of ether oxygens (including phenoxy) is 2. The van der Waals surface area contributed by atoms with E-state index in [2.05, 4.69) is 20.1 Å². The van der Waals surface area contributed by atoms with Crippen molar-refractivity contribution in [2.24, 2.45) is 10.2 Å². The van der Waals surface area contributed by atoms with Crippen molar-refractivity contribution in [2.75, 3.05) is 39.8 Å². The third-order valence-electron chi connectivity index (χ3n) is 1.51. The first-order valence-corrected chi connectivity index (χ1v) is 4.78. The summed E-state index contributed by atoms with van der Waals surface area (Å²) in [6.45, 7) is -0.245. The van der Waals surface area contributed by atoms with Crippen molar-refractivity contribution in [1.82, 2.24) is 5.01 Å². The van der Waals surface area contributed by atoms with Crippen LogP contribution in [0.3, 0.4) is 0 Å². The maximum absolute atomic E-state index is 10.5. The Balaban J connectivity index is 3.74. The second-order valence-electron chi connectivity index (χ2n) is 2.73. The summed E-state index contributed by atoms with van der Waals surface area (Å²) >= 11 is 0. The smallest absolute Gasteiger partial charge is 0.179 e. The van der Waals surface area contributed by atoms with E-state index >= 15 is 0 Å². The maximum atomic E-state index is 10.5. The van der Waals surface area contributed by atoms with Gasteiger partial charge in [0.05, 0.1) is 13.2 Å². The van der Waals surface area contributed by atoms with Crippen molar-refractivity contribution in [3.05, 3.63) is 31.0 Å². The molecular formula is C6H12N8O4. The van der Waals surface area contributed by atoms with Gasteiger partial charge >= 0.3 is 0 Å². The van der Waals surface area contributed by atoms with Crippen LogP contribution in [0, 0.1) is 10.1 Å². The van der Waals surface area contributed by atoms with Crippen molar-refractivity contribution in [2.45, 2.75) is 0 Å². The van der Waals surface area contributed by atoms with Crippen molar-refractivity contribution in [3.8, 4) is 0 Å². The Bertz CT molecular complexity index is 310. The van der Waals surface area contributed by atoms with Gasteiger partial charge in [0.1, 0.15) is 0 Å². The van der Waals surface area contributed by atoms with Gasteiger partial charge in [-0.15, -0.1) is 0 Å². The van der Waals surface area contributed by atoms with Gasteiger partial charge in [-0.2, -0.15) is 0 Å². The van der Waals surface area contributed by atoms with Crippen LogP contribution in [0.1, 0.15) is 0 Å². The van der Waals surface area contributed by atoms with E-state index < -0.39 is 5.03 Å². The Labute approximate surface area is 101 Å². The van der Waals surface area contributed by atoms with Crippen LogP contribution < -0.4 is 0 Å². The molecule has 0 saturated heterocycles. The second-order valence-corrected chi connectivity index (χ2v) is 2.73. The minimum absolute atomic E-state index is 0.0765. The molecule has 18 heavy (non-hydrogen) atoms. The summed E-state index contributed by atoms with van der Waals surface area (Å²) in [4.78, 5) is 15.5. The van der Waals surface area contributed by atoms with Gasteiger partial charge in [0.25, 0.3) is 0 Å². The largest absolute Gasteiger partial charge is 0.355 e. The van der Waals surface area contributed by atoms with E-state index in [9.17, 15) is 10.1 Å². The van der Waals surface area contributed by atoms with E-state index in [0.29, 0.717) is 5.01 Å². The number of hydrogen-bond donors (Lipinski definition) is 0. The van der Waals surface area contributed by atoms with Gasteiger partial charge in [-0.05, 0) is 11.1 Å². The van der Waals surface area contributed by atoms with Crippen LogP contribution in [0.4, 0.5) is 0 Å². The molecule has 0 saturated carbocycles. The minimum Gasteiger partial charge on any atom is -0.355 e. The zero-order valence-corrected chi connectivity index (χ0v) is 9.45. The second kappa shape index (κ2) is 11.2. The number of hydrazine groups is 1.